The van der Waals surface area contributed by atoms with E-state index in [9.17, 15) is 19.7 Å². The fourth-order valence-electron chi connectivity index (χ4n) is 1.29. The van der Waals surface area contributed by atoms with E-state index in [1.807, 2.05) is 0 Å². The van der Waals surface area contributed by atoms with Gasteiger partial charge in [-0.05, 0) is 17.7 Å². The van der Waals surface area contributed by atoms with E-state index in [1.54, 1.807) is 0 Å². The maximum atomic E-state index is 11.3. The molecule has 0 aliphatic carbocycles. The highest BCUT2D eigenvalue weighted by molar-refractivity contribution is 5.84. The van der Waals surface area contributed by atoms with E-state index in [1.165, 1.54) is 24.3 Å². The molecular formula is C12H14N2O5. The summed E-state index contributed by atoms with van der Waals surface area (Å²) < 4.78 is 4.92. The van der Waals surface area contributed by atoms with Crippen LogP contribution in [0.25, 0.3) is 0 Å². The fourth-order valence-corrected chi connectivity index (χ4v) is 1.29. The van der Waals surface area contributed by atoms with Crippen LogP contribution in [0.5, 0.6) is 0 Å². The molecule has 0 saturated carbocycles. The predicted molar refractivity (Wildman–Crippen MR) is 66.2 cm³/mol. The summed E-state index contributed by atoms with van der Waals surface area (Å²) in [5, 5.41) is 10.4. The van der Waals surface area contributed by atoms with Gasteiger partial charge in [-0.25, -0.2) is 0 Å². The number of carbonyl (C=O) groups is 2. The van der Waals surface area contributed by atoms with Gasteiger partial charge in [0.15, 0.2) is 0 Å². The highest BCUT2D eigenvalue weighted by Gasteiger charge is 2.08. The second-order valence-electron chi connectivity index (χ2n) is 3.83. The number of Topliss-reactive ketones (excluding diaryl/α,β-unsaturated/α-hetero) is 1. The van der Waals surface area contributed by atoms with Gasteiger partial charge in [-0.2, -0.15) is 0 Å². The van der Waals surface area contributed by atoms with Crippen LogP contribution in [-0.4, -0.2) is 23.2 Å². The maximum absolute atomic E-state index is 11.3. The van der Waals surface area contributed by atoms with Crippen LogP contribution in [0.15, 0.2) is 24.3 Å². The van der Waals surface area contributed by atoms with E-state index in [2.05, 4.69) is 0 Å². The molecule has 2 N–H and O–H groups in total. The number of hydrogen-bond acceptors (Lipinski definition) is 6. The number of carbonyl (C=O) groups excluding carboxylic acids is 2. The molecule has 7 nitrogen and oxygen atoms in total. The quantitative estimate of drug-likeness (QED) is 0.446. The van der Waals surface area contributed by atoms with Crippen molar-refractivity contribution in [2.75, 3.05) is 6.54 Å². The van der Waals surface area contributed by atoms with Crippen LogP contribution >= 0.6 is 0 Å². The van der Waals surface area contributed by atoms with Crippen LogP contribution in [0.3, 0.4) is 0 Å². The number of rotatable bonds is 7. The van der Waals surface area contributed by atoms with E-state index in [0.717, 1.165) is 0 Å². The largest absolute Gasteiger partial charge is 0.461 e. The lowest BCUT2D eigenvalue weighted by Gasteiger charge is -2.04. The number of nitrogens with two attached hydrogens (primary N) is 1. The first kappa shape index (κ1) is 14.8. The standard InChI is InChI=1S/C12H14N2O5/c13-7-11(15)5-6-12(16)19-8-9-1-3-10(4-2-9)14(17)18/h1-4H,5-8,13H2. The lowest BCUT2D eigenvalue weighted by Crippen LogP contribution is -2.15. The van der Waals surface area contributed by atoms with Crippen molar-refractivity contribution in [3.05, 3.63) is 39.9 Å². The Morgan fingerprint density at radius 1 is 1.21 bits per heavy atom. The minimum atomic E-state index is -0.506. The molecule has 0 aliphatic rings. The Balaban J connectivity index is 2.37. The molecule has 0 aromatic heterocycles. The van der Waals surface area contributed by atoms with Crippen LogP contribution < -0.4 is 5.73 Å². The molecule has 0 bridgehead atoms. The lowest BCUT2D eigenvalue weighted by molar-refractivity contribution is -0.384. The van der Waals surface area contributed by atoms with Crippen LogP contribution in [0.1, 0.15) is 18.4 Å². The number of ketones is 1. The summed E-state index contributed by atoms with van der Waals surface area (Å²) in [5.41, 5.74) is 5.72. The fraction of sp³-hybridized carbons (Fsp3) is 0.333. The highest BCUT2D eigenvalue weighted by atomic mass is 16.6. The Morgan fingerprint density at radius 3 is 2.37 bits per heavy atom. The molecule has 1 aromatic carbocycles. The van der Waals surface area contributed by atoms with Gasteiger partial charge in [0.1, 0.15) is 12.4 Å². The summed E-state index contributed by atoms with van der Waals surface area (Å²) >= 11 is 0. The zero-order valence-corrected chi connectivity index (χ0v) is 10.2. The van der Waals surface area contributed by atoms with E-state index in [0.29, 0.717) is 5.56 Å². The number of nitro benzene ring substituents is 1. The number of benzene rings is 1. The summed E-state index contributed by atoms with van der Waals surface area (Å²) in [5.74, 6) is -0.701. The average molecular weight is 266 g/mol. The van der Waals surface area contributed by atoms with Crippen molar-refractivity contribution in [2.45, 2.75) is 19.4 Å². The van der Waals surface area contributed by atoms with Gasteiger partial charge in [0.05, 0.1) is 17.9 Å². The van der Waals surface area contributed by atoms with Crippen molar-refractivity contribution in [1.29, 1.82) is 0 Å². The second kappa shape index (κ2) is 7.22. The topological polar surface area (TPSA) is 113 Å². The summed E-state index contributed by atoms with van der Waals surface area (Å²) in [6.45, 7) is -0.0662. The monoisotopic (exact) mass is 266 g/mol. The van der Waals surface area contributed by atoms with Crippen LogP contribution in [0, 0.1) is 10.1 Å². The van der Waals surface area contributed by atoms with E-state index >= 15 is 0 Å². The smallest absolute Gasteiger partial charge is 0.306 e. The molecule has 0 aliphatic heterocycles. The lowest BCUT2D eigenvalue weighted by atomic mass is 10.2. The van der Waals surface area contributed by atoms with Gasteiger partial charge >= 0.3 is 5.97 Å². The van der Waals surface area contributed by atoms with Gasteiger partial charge in [0, 0.05) is 18.6 Å². The van der Waals surface area contributed by atoms with Crippen molar-refractivity contribution in [2.24, 2.45) is 5.73 Å². The molecule has 1 rings (SSSR count). The van der Waals surface area contributed by atoms with Crippen molar-refractivity contribution in [3.8, 4) is 0 Å². The molecule has 0 saturated heterocycles. The minimum absolute atomic E-state index is 0.0109. The van der Waals surface area contributed by atoms with E-state index in [4.69, 9.17) is 10.5 Å². The van der Waals surface area contributed by atoms with Gasteiger partial charge in [0.25, 0.3) is 5.69 Å². The molecule has 0 spiro atoms. The van der Waals surface area contributed by atoms with Crippen molar-refractivity contribution in [3.63, 3.8) is 0 Å². The number of ether oxygens (including phenoxy) is 1. The Labute approximate surface area is 109 Å². The summed E-state index contributed by atoms with van der Waals surface area (Å²) in [6.07, 6.45) is 0.0542. The van der Waals surface area contributed by atoms with Crippen molar-refractivity contribution < 1.29 is 19.2 Å². The molecule has 102 valence electrons. The van der Waals surface area contributed by atoms with E-state index < -0.39 is 10.9 Å². The van der Waals surface area contributed by atoms with Crippen LogP contribution in [-0.2, 0) is 20.9 Å². The normalized spacial score (nSPS) is 9.95. The molecule has 0 heterocycles. The van der Waals surface area contributed by atoms with E-state index in [-0.39, 0.29) is 37.5 Å². The summed E-state index contributed by atoms with van der Waals surface area (Å²) in [4.78, 5) is 32.1. The third kappa shape index (κ3) is 5.26. The molecule has 1 aromatic rings. The van der Waals surface area contributed by atoms with Crippen LogP contribution in [0.2, 0.25) is 0 Å². The van der Waals surface area contributed by atoms with Crippen LogP contribution in [0.4, 0.5) is 5.69 Å². The second-order valence-corrected chi connectivity index (χ2v) is 3.83. The number of nitro groups is 1. The maximum Gasteiger partial charge on any atom is 0.306 e. The predicted octanol–water partition coefficient (Wildman–Crippen LogP) is 0.946. The molecule has 0 radical (unpaired) electrons. The zero-order valence-electron chi connectivity index (χ0n) is 10.2. The highest BCUT2D eigenvalue weighted by Crippen LogP contribution is 2.12. The first-order valence-electron chi connectivity index (χ1n) is 5.63. The number of nitrogens with zero attached hydrogens (tertiary/aromatic N) is 1. The van der Waals surface area contributed by atoms with Gasteiger partial charge in [-0.15, -0.1) is 0 Å². The number of esters is 1. The van der Waals surface area contributed by atoms with Gasteiger partial charge in [-0.1, -0.05) is 0 Å². The summed E-state index contributed by atoms with van der Waals surface area (Å²) in [6, 6.07) is 5.69. The Hall–Kier alpha value is -2.28. The number of hydrogen-bond donors (Lipinski definition) is 1. The summed E-state index contributed by atoms with van der Waals surface area (Å²) in [7, 11) is 0. The average Bonchev–Trinajstić information content (AvgIpc) is 2.42. The van der Waals surface area contributed by atoms with Crippen molar-refractivity contribution in [1.82, 2.24) is 0 Å². The van der Waals surface area contributed by atoms with Gasteiger partial charge in [0.2, 0.25) is 0 Å². The molecule has 0 unspecified atom stereocenters. The SMILES string of the molecule is NCC(=O)CCC(=O)OCc1ccc([N+](=O)[O-])cc1. The molecule has 19 heavy (non-hydrogen) atoms. The number of non-ortho nitro benzene ring substituents is 1. The first-order valence-corrected chi connectivity index (χ1v) is 5.63. The first-order chi connectivity index (χ1) is 9.02. The molecule has 0 amide bonds. The van der Waals surface area contributed by atoms with Gasteiger partial charge < -0.3 is 10.5 Å². The van der Waals surface area contributed by atoms with Crippen molar-refractivity contribution >= 4 is 17.4 Å². The Bertz CT molecular complexity index is 470. The Kier molecular flexibility index (Phi) is 5.62. The van der Waals surface area contributed by atoms with Gasteiger partial charge in [-0.3, -0.25) is 19.7 Å². The third-order valence-corrected chi connectivity index (χ3v) is 2.38. The Morgan fingerprint density at radius 2 is 1.84 bits per heavy atom. The molecule has 0 atom stereocenters. The zero-order chi connectivity index (χ0) is 14.3. The minimum Gasteiger partial charge on any atom is -0.461 e. The third-order valence-electron chi connectivity index (χ3n) is 2.38. The molecule has 7 heteroatoms. The molecule has 0 fully saturated rings. The molecular weight excluding hydrogens is 252 g/mol.